The van der Waals surface area contributed by atoms with Crippen molar-refractivity contribution in [1.82, 2.24) is 5.32 Å². The molecular formula is C20H34N2O3. The number of nitrogen functional groups attached to an aromatic ring is 1. The standard InChI is InChI=1S/C15H24N2O.C5H10O2/c1-10(2)18-15-9-13(11(3)8-14(15)16)12-4-6-17-7-5-12;1-5(2,3)7-4-6/h8-10,12,17H,4-7,16H2,1-3H3;4H,1-3H3. The fourth-order valence-corrected chi connectivity index (χ4v) is 2.80. The molecule has 1 fully saturated rings. The summed E-state index contributed by atoms with van der Waals surface area (Å²) in [6.45, 7) is 14.3. The number of nitrogens with two attached hydrogens (primary N) is 1. The van der Waals surface area contributed by atoms with Gasteiger partial charge in [0.05, 0.1) is 11.8 Å². The van der Waals surface area contributed by atoms with E-state index in [1.54, 1.807) is 0 Å². The van der Waals surface area contributed by atoms with E-state index in [9.17, 15) is 4.79 Å². The number of piperidine rings is 1. The van der Waals surface area contributed by atoms with Crippen molar-refractivity contribution in [3.05, 3.63) is 23.3 Å². The van der Waals surface area contributed by atoms with Crippen molar-refractivity contribution < 1.29 is 14.3 Å². The van der Waals surface area contributed by atoms with E-state index in [1.807, 2.05) is 34.6 Å². The number of carbonyl (C=O) groups is 1. The normalized spacial score (nSPS) is 15.3. The van der Waals surface area contributed by atoms with E-state index in [0.29, 0.717) is 12.4 Å². The number of rotatable bonds is 4. The molecule has 1 saturated heterocycles. The highest BCUT2D eigenvalue weighted by Crippen LogP contribution is 2.34. The van der Waals surface area contributed by atoms with Crippen LogP contribution < -0.4 is 15.8 Å². The minimum atomic E-state index is -0.318. The third kappa shape index (κ3) is 7.78. The summed E-state index contributed by atoms with van der Waals surface area (Å²) >= 11 is 0. The molecule has 0 saturated carbocycles. The van der Waals surface area contributed by atoms with Crippen LogP contribution in [0.3, 0.4) is 0 Å². The zero-order valence-electron chi connectivity index (χ0n) is 16.5. The van der Waals surface area contributed by atoms with Gasteiger partial charge in [-0.05, 0) is 96.7 Å². The summed E-state index contributed by atoms with van der Waals surface area (Å²) in [6, 6.07) is 4.20. The van der Waals surface area contributed by atoms with Gasteiger partial charge in [-0.15, -0.1) is 0 Å². The molecule has 0 spiro atoms. The molecule has 0 bridgehead atoms. The second-order valence-electron chi connectivity index (χ2n) is 7.76. The van der Waals surface area contributed by atoms with Crippen molar-refractivity contribution >= 4 is 12.2 Å². The highest BCUT2D eigenvalue weighted by Gasteiger charge is 2.19. The van der Waals surface area contributed by atoms with E-state index in [2.05, 4.69) is 29.1 Å². The first kappa shape index (κ1) is 21.3. The van der Waals surface area contributed by atoms with Gasteiger partial charge in [-0.3, -0.25) is 4.79 Å². The quantitative estimate of drug-likeness (QED) is 0.638. The maximum atomic E-state index is 9.60. The molecule has 0 unspecified atom stereocenters. The summed E-state index contributed by atoms with van der Waals surface area (Å²) in [4.78, 5) is 9.60. The van der Waals surface area contributed by atoms with Crippen LogP contribution in [-0.2, 0) is 9.53 Å². The van der Waals surface area contributed by atoms with Crippen LogP contribution in [0.2, 0.25) is 0 Å². The molecular weight excluding hydrogens is 316 g/mol. The molecule has 0 aliphatic carbocycles. The van der Waals surface area contributed by atoms with Crippen LogP contribution >= 0.6 is 0 Å². The summed E-state index contributed by atoms with van der Waals surface area (Å²) in [5.41, 5.74) is 9.15. The van der Waals surface area contributed by atoms with Gasteiger partial charge in [0.1, 0.15) is 11.4 Å². The minimum absolute atomic E-state index is 0.163. The van der Waals surface area contributed by atoms with Gasteiger partial charge in [0, 0.05) is 0 Å². The van der Waals surface area contributed by atoms with Crippen molar-refractivity contribution in [1.29, 1.82) is 0 Å². The average molecular weight is 351 g/mol. The predicted molar refractivity (Wildman–Crippen MR) is 103 cm³/mol. The molecule has 0 radical (unpaired) electrons. The maximum absolute atomic E-state index is 9.60. The zero-order valence-corrected chi connectivity index (χ0v) is 16.5. The number of benzene rings is 1. The van der Waals surface area contributed by atoms with Crippen LogP contribution in [0.25, 0.3) is 0 Å². The fraction of sp³-hybridized carbons (Fsp3) is 0.650. The van der Waals surface area contributed by atoms with Crippen molar-refractivity contribution in [3.8, 4) is 5.75 Å². The van der Waals surface area contributed by atoms with E-state index in [-0.39, 0.29) is 11.7 Å². The Balaban J connectivity index is 0.000000381. The van der Waals surface area contributed by atoms with Gasteiger partial charge < -0.3 is 20.5 Å². The van der Waals surface area contributed by atoms with Crippen LogP contribution in [0.15, 0.2) is 12.1 Å². The highest BCUT2D eigenvalue weighted by atomic mass is 16.5. The molecule has 2 rings (SSSR count). The number of aryl methyl sites for hydroxylation is 1. The lowest BCUT2D eigenvalue weighted by atomic mass is 9.87. The van der Waals surface area contributed by atoms with Gasteiger partial charge >= 0.3 is 0 Å². The Labute approximate surface area is 152 Å². The second kappa shape index (κ2) is 9.66. The Morgan fingerprint density at radius 3 is 2.28 bits per heavy atom. The molecule has 3 N–H and O–H groups in total. The van der Waals surface area contributed by atoms with E-state index >= 15 is 0 Å². The van der Waals surface area contributed by atoms with Crippen molar-refractivity contribution in [3.63, 3.8) is 0 Å². The molecule has 0 aromatic heterocycles. The lowest BCUT2D eigenvalue weighted by molar-refractivity contribution is -0.138. The van der Waals surface area contributed by atoms with Crippen molar-refractivity contribution in [2.24, 2.45) is 0 Å². The minimum Gasteiger partial charge on any atom is -0.489 e. The van der Waals surface area contributed by atoms with Crippen LogP contribution in [0.4, 0.5) is 5.69 Å². The first-order chi connectivity index (χ1) is 11.6. The molecule has 25 heavy (non-hydrogen) atoms. The third-order valence-electron chi connectivity index (χ3n) is 3.94. The van der Waals surface area contributed by atoms with Gasteiger partial charge in [0.25, 0.3) is 6.47 Å². The Hall–Kier alpha value is -1.75. The number of hydrogen-bond donors (Lipinski definition) is 2. The number of ether oxygens (including phenoxy) is 2. The van der Waals surface area contributed by atoms with Crippen molar-refractivity contribution in [2.45, 2.75) is 72.0 Å². The largest absolute Gasteiger partial charge is 0.489 e. The molecule has 142 valence electrons. The first-order valence-electron chi connectivity index (χ1n) is 9.03. The second-order valence-corrected chi connectivity index (χ2v) is 7.76. The van der Waals surface area contributed by atoms with Crippen LogP contribution in [-0.4, -0.2) is 31.3 Å². The van der Waals surface area contributed by atoms with Gasteiger partial charge in [-0.1, -0.05) is 0 Å². The zero-order chi connectivity index (χ0) is 19.0. The predicted octanol–water partition coefficient (Wildman–Crippen LogP) is 3.79. The number of nitrogens with one attached hydrogen (secondary N) is 1. The van der Waals surface area contributed by atoms with E-state index in [4.69, 9.17) is 10.5 Å². The van der Waals surface area contributed by atoms with E-state index in [1.165, 1.54) is 24.0 Å². The fourth-order valence-electron chi connectivity index (χ4n) is 2.80. The summed E-state index contributed by atoms with van der Waals surface area (Å²) in [5.74, 6) is 1.48. The topological polar surface area (TPSA) is 73.6 Å². The maximum Gasteiger partial charge on any atom is 0.293 e. The van der Waals surface area contributed by atoms with Gasteiger partial charge in [-0.2, -0.15) is 0 Å². The molecule has 1 aliphatic heterocycles. The number of hydrogen-bond acceptors (Lipinski definition) is 5. The number of carbonyl (C=O) groups excluding carboxylic acids is 1. The van der Waals surface area contributed by atoms with E-state index < -0.39 is 0 Å². The Bertz CT molecular complexity index is 545. The molecule has 1 heterocycles. The van der Waals surface area contributed by atoms with Crippen LogP contribution in [0, 0.1) is 6.92 Å². The summed E-state index contributed by atoms with van der Waals surface area (Å²) in [5, 5.41) is 3.41. The molecule has 5 nitrogen and oxygen atoms in total. The van der Waals surface area contributed by atoms with Crippen molar-refractivity contribution in [2.75, 3.05) is 18.8 Å². The SMILES string of the molecule is CC(C)(C)OC=O.Cc1cc(N)c(OC(C)C)cc1C1CCNCC1. The van der Waals surface area contributed by atoms with Gasteiger partial charge in [0.15, 0.2) is 0 Å². The van der Waals surface area contributed by atoms with Gasteiger partial charge in [-0.25, -0.2) is 0 Å². The Kier molecular flexibility index (Phi) is 8.23. The smallest absolute Gasteiger partial charge is 0.293 e. The lowest BCUT2D eigenvalue weighted by Gasteiger charge is -2.25. The molecule has 0 atom stereocenters. The Morgan fingerprint density at radius 2 is 1.84 bits per heavy atom. The van der Waals surface area contributed by atoms with Crippen LogP contribution in [0.1, 0.15) is 64.5 Å². The molecule has 0 amide bonds. The third-order valence-corrected chi connectivity index (χ3v) is 3.94. The van der Waals surface area contributed by atoms with Crippen LogP contribution in [0.5, 0.6) is 5.75 Å². The average Bonchev–Trinajstić information content (AvgIpc) is 2.50. The summed E-state index contributed by atoms with van der Waals surface area (Å²) in [6.07, 6.45) is 2.56. The first-order valence-corrected chi connectivity index (χ1v) is 9.03. The number of anilines is 1. The molecule has 1 aliphatic rings. The van der Waals surface area contributed by atoms with Gasteiger partial charge in [0.2, 0.25) is 0 Å². The Morgan fingerprint density at radius 1 is 1.24 bits per heavy atom. The summed E-state index contributed by atoms with van der Waals surface area (Å²) in [7, 11) is 0. The molecule has 1 aromatic carbocycles. The monoisotopic (exact) mass is 350 g/mol. The molecule has 1 aromatic rings. The lowest BCUT2D eigenvalue weighted by Crippen LogP contribution is -2.27. The van der Waals surface area contributed by atoms with E-state index in [0.717, 1.165) is 24.5 Å². The molecule has 5 heteroatoms. The summed E-state index contributed by atoms with van der Waals surface area (Å²) < 4.78 is 10.3. The highest BCUT2D eigenvalue weighted by molar-refractivity contribution is 5.57.